The number of rotatable bonds is 13. The molecule has 13 nitrogen and oxygen atoms in total. The number of carbonyl (C=O) groups is 5. The van der Waals surface area contributed by atoms with E-state index in [4.69, 9.17) is 15.9 Å². The van der Waals surface area contributed by atoms with Gasteiger partial charge in [0.15, 0.2) is 0 Å². The van der Waals surface area contributed by atoms with Crippen LogP contribution >= 0.6 is 0 Å². The Balaban J connectivity index is 2.88. The van der Waals surface area contributed by atoms with Crippen LogP contribution in [0.1, 0.15) is 32.4 Å². The SMILES string of the molecule is CCC(C)C(NC(=O)C(N)Cc1cnc[nH]1)C(=O)NC(CC(=O)O)C(=O)NCC(=O)O. The number of hydrogen-bond acceptors (Lipinski definition) is 7. The smallest absolute Gasteiger partial charge is 0.322 e. The van der Waals surface area contributed by atoms with E-state index in [0.717, 1.165) is 0 Å². The van der Waals surface area contributed by atoms with Crippen LogP contribution < -0.4 is 21.7 Å². The van der Waals surface area contributed by atoms with Crippen LogP contribution in [0, 0.1) is 5.92 Å². The fraction of sp³-hybridized carbons (Fsp3) is 0.556. The summed E-state index contributed by atoms with van der Waals surface area (Å²) in [7, 11) is 0. The molecule has 1 rings (SSSR count). The highest BCUT2D eigenvalue weighted by Gasteiger charge is 2.32. The van der Waals surface area contributed by atoms with Crippen molar-refractivity contribution in [2.24, 2.45) is 11.7 Å². The number of nitrogens with two attached hydrogens (primary N) is 1. The molecule has 0 aliphatic heterocycles. The van der Waals surface area contributed by atoms with E-state index >= 15 is 0 Å². The lowest BCUT2D eigenvalue weighted by atomic mass is 9.97. The minimum absolute atomic E-state index is 0.153. The highest BCUT2D eigenvalue weighted by atomic mass is 16.4. The van der Waals surface area contributed by atoms with Crippen molar-refractivity contribution in [2.45, 2.75) is 51.2 Å². The van der Waals surface area contributed by atoms with E-state index in [1.807, 2.05) is 5.32 Å². The zero-order chi connectivity index (χ0) is 23.6. The maximum absolute atomic E-state index is 12.8. The number of H-pyrrole nitrogens is 1. The Kier molecular flexibility index (Phi) is 10.1. The van der Waals surface area contributed by atoms with Gasteiger partial charge < -0.3 is 36.9 Å². The molecule has 4 unspecified atom stereocenters. The number of imidazole rings is 1. The number of nitrogens with one attached hydrogen (secondary N) is 4. The van der Waals surface area contributed by atoms with E-state index in [-0.39, 0.29) is 12.3 Å². The highest BCUT2D eigenvalue weighted by Crippen LogP contribution is 2.10. The van der Waals surface area contributed by atoms with Crippen molar-refractivity contribution in [3.63, 3.8) is 0 Å². The van der Waals surface area contributed by atoms with E-state index in [1.54, 1.807) is 13.8 Å². The molecule has 1 aromatic heterocycles. The first-order chi connectivity index (χ1) is 14.5. The van der Waals surface area contributed by atoms with Crippen LogP contribution in [-0.2, 0) is 30.4 Å². The second kappa shape index (κ2) is 12.3. The molecule has 0 spiro atoms. The van der Waals surface area contributed by atoms with Gasteiger partial charge >= 0.3 is 11.9 Å². The number of hydrogen-bond donors (Lipinski definition) is 7. The number of carboxylic acid groups (broad SMARTS) is 2. The number of carboxylic acids is 2. The molecule has 0 fully saturated rings. The van der Waals surface area contributed by atoms with E-state index in [9.17, 15) is 24.0 Å². The number of aromatic amines is 1. The van der Waals surface area contributed by atoms with Gasteiger partial charge in [0.1, 0.15) is 18.6 Å². The second-order valence-electron chi connectivity index (χ2n) is 7.03. The van der Waals surface area contributed by atoms with Crippen LogP contribution in [0.3, 0.4) is 0 Å². The van der Waals surface area contributed by atoms with Crippen molar-refractivity contribution in [1.29, 1.82) is 0 Å². The molecule has 0 radical (unpaired) electrons. The summed E-state index contributed by atoms with van der Waals surface area (Å²) in [5.41, 5.74) is 6.52. The number of amides is 3. The van der Waals surface area contributed by atoms with E-state index in [0.29, 0.717) is 12.1 Å². The fourth-order valence-corrected chi connectivity index (χ4v) is 2.62. The van der Waals surface area contributed by atoms with Gasteiger partial charge in [-0.3, -0.25) is 24.0 Å². The first-order valence-corrected chi connectivity index (χ1v) is 9.60. The molecule has 172 valence electrons. The van der Waals surface area contributed by atoms with Crippen LogP contribution in [0.5, 0.6) is 0 Å². The summed E-state index contributed by atoms with van der Waals surface area (Å²) in [5.74, 6) is -5.43. The lowest BCUT2D eigenvalue weighted by molar-refractivity contribution is -0.142. The van der Waals surface area contributed by atoms with Gasteiger partial charge in [0.05, 0.1) is 18.8 Å². The third-order valence-electron chi connectivity index (χ3n) is 4.55. The van der Waals surface area contributed by atoms with Crippen molar-refractivity contribution in [3.05, 3.63) is 18.2 Å². The number of carbonyl (C=O) groups excluding carboxylic acids is 3. The molecule has 0 bridgehead atoms. The Morgan fingerprint density at radius 3 is 2.29 bits per heavy atom. The van der Waals surface area contributed by atoms with Crippen molar-refractivity contribution < 1.29 is 34.2 Å². The van der Waals surface area contributed by atoms with Crippen molar-refractivity contribution >= 4 is 29.7 Å². The molecule has 13 heteroatoms. The quantitative estimate of drug-likeness (QED) is 0.180. The monoisotopic (exact) mass is 440 g/mol. The normalized spacial score (nSPS) is 14.5. The Hall–Kier alpha value is -3.48. The summed E-state index contributed by atoms with van der Waals surface area (Å²) >= 11 is 0. The molecule has 4 atom stereocenters. The lowest BCUT2D eigenvalue weighted by Gasteiger charge is -2.27. The maximum Gasteiger partial charge on any atom is 0.322 e. The zero-order valence-corrected chi connectivity index (χ0v) is 17.3. The summed E-state index contributed by atoms with van der Waals surface area (Å²) in [6.45, 7) is 2.75. The Morgan fingerprint density at radius 2 is 1.77 bits per heavy atom. The van der Waals surface area contributed by atoms with E-state index < -0.39 is 60.8 Å². The van der Waals surface area contributed by atoms with Gasteiger partial charge in [-0.15, -0.1) is 0 Å². The predicted octanol–water partition coefficient (Wildman–Crippen LogP) is -2.03. The first kappa shape index (κ1) is 25.6. The van der Waals surface area contributed by atoms with Gasteiger partial charge in [0, 0.05) is 18.3 Å². The molecule has 1 aromatic rings. The van der Waals surface area contributed by atoms with Gasteiger partial charge in [-0.1, -0.05) is 20.3 Å². The van der Waals surface area contributed by atoms with Crippen molar-refractivity contribution in [2.75, 3.05) is 6.54 Å². The largest absolute Gasteiger partial charge is 0.481 e. The zero-order valence-electron chi connectivity index (χ0n) is 17.3. The summed E-state index contributed by atoms with van der Waals surface area (Å²) in [6.07, 6.45) is 2.83. The summed E-state index contributed by atoms with van der Waals surface area (Å²) in [5, 5.41) is 24.5. The standard InChI is InChI=1S/C18H28N6O7/c1-3-9(2)15(24-16(29)11(19)4-10-6-20-8-22-10)18(31)23-12(5-13(25)26)17(30)21-7-14(27)28/h6,8-9,11-12,15H,3-5,7,19H2,1-2H3,(H,20,22)(H,21,30)(H,23,31)(H,24,29)(H,25,26)(H,27,28). The van der Waals surface area contributed by atoms with Gasteiger partial charge in [0.2, 0.25) is 17.7 Å². The summed E-state index contributed by atoms with van der Waals surface area (Å²) in [4.78, 5) is 65.7. The topological polar surface area (TPSA) is 217 Å². The molecule has 0 saturated heterocycles. The Morgan fingerprint density at radius 1 is 1.10 bits per heavy atom. The third kappa shape index (κ3) is 8.82. The van der Waals surface area contributed by atoms with Gasteiger partial charge in [-0.25, -0.2) is 4.98 Å². The lowest BCUT2D eigenvalue weighted by Crippen LogP contribution is -2.58. The maximum atomic E-state index is 12.8. The Labute approximate surface area is 178 Å². The Bertz CT molecular complexity index is 782. The van der Waals surface area contributed by atoms with Gasteiger partial charge in [-0.05, 0) is 5.92 Å². The third-order valence-corrected chi connectivity index (χ3v) is 4.55. The molecule has 31 heavy (non-hydrogen) atoms. The average Bonchev–Trinajstić information content (AvgIpc) is 3.21. The molecule has 0 aromatic carbocycles. The van der Waals surface area contributed by atoms with Crippen LogP contribution in [-0.4, -0.2) is 74.5 Å². The molecular weight excluding hydrogens is 412 g/mol. The minimum atomic E-state index is -1.52. The highest BCUT2D eigenvalue weighted by molar-refractivity contribution is 5.95. The van der Waals surface area contributed by atoms with Crippen molar-refractivity contribution in [3.8, 4) is 0 Å². The number of aromatic nitrogens is 2. The minimum Gasteiger partial charge on any atom is -0.481 e. The van der Waals surface area contributed by atoms with Crippen LogP contribution in [0.2, 0.25) is 0 Å². The second-order valence-corrected chi connectivity index (χ2v) is 7.03. The van der Waals surface area contributed by atoms with Crippen LogP contribution in [0.4, 0.5) is 0 Å². The number of aliphatic carboxylic acids is 2. The molecule has 1 heterocycles. The van der Waals surface area contributed by atoms with Gasteiger partial charge in [0.25, 0.3) is 0 Å². The summed E-state index contributed by atoms with van der Waals surface area (Å²) < 4.78 is 0. The molecule has 3 amide bonds. The summed E-state index contributed by atoms with van der Waals surface area (Å²) in [6, 6.07) is -3.59. The predicted molar refractivity (Wildman–Crippen MR) is 106 cm³/mol. The fourth-order valence-electron chi connectivity index (χ4n) is 2.62. The molecular formula is C18H28N6O7. The van der Waals surface area contributed by atoms with Crippen molar-refractivity contribution in [1.82, 2.24) is 25.9 Å². The molecule has 0 aliphatic rings. The molecule has 8 N–H and O–H groups in total. The van der Waals surface area contributed by atoms with E-state index in [1.165, 1.54) is 12.5 Å². The van der Waals surface area contributed by atoms with E-state index in [2.05, 4.69) is 20.6 Å². The molecule has 0 saturated carbocycles. The number of nitrogens with zero attached hydrogens (tertiary/aromatic N) is 1. The molecule has 0 aliphatic carbocycles. The van der Waals surface area contributed by atoms with Crippen LogP contribution in [0.25, 0.3) is 0 Å². The van der Waals surface area contributed by atoms with Crippen LogP contribution in [0.15, 0.2) is 12.5 Å². The van der Waals surface area contributed by atoms with Gasteiger partial charge in [-0.2, -0.15) is 0 Å². The average molecular weight is 440 g/mol. The first-order valence-electron chi connectivity index (χ1n) is 9.60.